The Morgan fingerprint density at radius 1 is 0.931 bits per heavy atom. The normalized spacial score (nSPS) is 17.1. The zero-order valence-corrected chi connectivity index (χ0v) is 19.2. The van der Waals surface area contributed by atoms with Crippen molar-refractivity contribution in [2.75, 3.05) is 26.2 Å². The summed E-state index contributed by atoms with van der Waals surface area (Å²) in [5, 5.41) is 6.39. The van der Waals surface area contributed by atoms with Crippen LogP contribution in [0.2, 0.25) is 0 Å². The zero-order valence-electron chi connectivity index (χ0n) is 19.2. The van der Waals surface area contributed by atoms with Crippen molar-refractivity contribution in [2.24, 2.45) is 0 Å². The van der Waals surface area contributed by atoms with Crippen LogP contribution in [0.25, 0.3) is 0 Å². The van der Waals surface area contributed by atoms with Crippen molar-refractivity contribution in [3.8, 4) is 0 Å². The van der Waals surface area contributed by atoms with Crippen LogP contribution in [0.3, 0.4) is 0 Å². The summed E-state index contributed by atoms with van der Waals surface area (Å²) >= 11 is 0. The van der Waals surface area contributed by atoms with E-state index in [0.29, 0.717) is 12.5 Å². The maximum absolute atomic E-state index is 11.9. The van der Waals surface area contributed by atoms with Gasteiger partial charge in [-0.2, -0.15) is 0 Å². The van der Waals surface area contributed by atoms with E-state index in [2.05, 4.69) is 29.7 Å². The van der Waals surface area contributed by atoms with E-state index < -0.39 is 0 Å². The number of unbranched alkanes of at least 4 members (excludes halogenated alkanes) is 11. The highest BCUT2D eigenvalue weighted by Gasteiger charge is 2.12. The average Bonchev–Trinajstić information content (AvgIpc) is 2.75. The standard InChI is InChI=1S/C25H48N2O2/c1-2-3-4-5-6-7-8-9-10-11-12-13-14-15-16-19-25(28)27-20-17-18-24-23-26-21-22-29-24/h9-10,24,26H,2-8,11-23H2,1H3,(H,27,28)/b10-9-. The SMILES string of the molecule is CCCCCCCC/C=C\CCCCCCCC(=O)NCCCC1CNCCO1. The quantitative estimate of drug-likeness (QED) is 0.206. The third-order valence-corrected chi connectivity index (χ3v) is 5.70. The van der Waals surface area contributed by atoms with Crippen LogP contribution in [0.15, 0.2) is 12.2 Å². The molecule has 0 bridgehead atoms. The number of amides is 1. The van der Waals surface area contributed by atoms with Crippen LogP contribution in [0.5, 0.6) is 0 Å². The number of hydrogen-bond acceptors (Lipinski definition) is 3. The second kappa shape index (κ2) is 20.4. The van der Waals surface area contributed by atoms with Crippen LogP contribution in [-0.2, 0) is 9.53 Å². The van der Waals surface area contributed by atoms with E-state index in [1.54, 1.807) is 0 Å². The van der Waals surface area contributed by atoms with Crippen molar-refractivity contribution in [2.45, 2.75) is 116 Å². The third kappa shape index (κ3) is 17.7. The molecule has 1 fully saturated rings. The van der Waals surface area contributed by atoms with E-state index >= 15 is 0 Å². The van der Waals surface area contributed by atoms with Gasteiger partial charge in [0.05, 0.1) is 12.7 Å². The summed E-state index contributed by atoms with van der Waals surface area (Å²) in [4.78, 5) is 11.9. The maximum atomic E-state index is 11.9. The number of nitrogens with one attached hydrogen (secondary N) is 2. The molecule has 0 spiro atoms. The fourth-order valence-electron chi connectivity index (χ4n) is 3.81. The van der Waals surface area contributed by atoms with Crippen molar-refractivity contribution in [3.05, 3.63) is 12.2 Å². The smallest absolute Gasteiger partial charge is 0.219 e. The Morgan fingerprint density at radius 3 is 2.24 bits per heavy atom. The topological polar surface area (TPSA) is 50.4 Å². The van der Waals surface area contributed by atoms with Crippen LogP contribution in [0.1, 0.15) is 110 Å². The van der Waals surface area contributed by atoms with Gasteiger partial charge in [-0.25, -0.2) is 0 Å². The van der Waals surface area contributed by atoms with Crippen molar-refractivity contribution < 1.29 is 9.53 Å². The Hall–Kier alpha value is -0.870. The number of allylic oxidation sites excluding steroid dienone is 2. The van der Waals surface area contributed by atoms with E-state index in [0.717, 1.165) is 45.5 Å². The molecule has 0 aliphatic carbocycles. The van der Waals surface area contributed by atoms with E-state index in [9.17, 15) is 4.79 Å². The Labute approximate surface area is 180 Å². The summed E-state index contributed by atoms with van der Waals surface area (Å²) in [5.74, 6) is 0.213. The summed E-state index contributed by atoms with van der Waals surface area (Å²) in [5.41, 5.74) is 0. The largest absolute Gasteiger partial charge is 0.376 e. The van der Waals surface area contributed by atoms with Crippen LogP contribution < -0.4 is 10.6 Å². The lowest BCUT2D eigenvalue weighted by Gasteiger charge is -2.23. The molecule has 170 valence electrons. The number of carbonyl (C=O) groups is 1. The number of morpholine rings is 1. The van der Waals surface area contributed by atoms with Crippen LogP contribution in [0, 0.1) is 0 Å². The molecule has 0 aromatic rings. The molecular weight excluding hydrogens is 360 g/mol. The zero-order chi connectivity index (χ0) is 20.8. The Bertz CT molecular complexity index is 392. The second-order valence-electron chi connectivity index (χ2n) is 8.52. The van der Waals surface area contributed by atoms with Gasteiger partial charge in [-0.15, -0.1) is 0 Å². The van der Waals surface area contributed by atoms with Crippen LogP contribution in [0.4, 0.5) is 0 Å². The summed E-state index contributed by atoms with van der Waals surface area (Å²) in [6.07, 6.45) is 24.6. The predicted molar refractivity (Wildman–Crippen MR) is 124 cm³/mol. The van der Waals surface area contributed by atoms with Gasteiger partial charge in [0, 0.05) is 26.1 Å². The molecule has 1 heterocycles. The highest BCUT2D eigenvalue weighted by atomic mass is 16.5. The maximum Gasteiger partial charge on any atom is 0.219 e. The average molecular weight is 409 g/mol. The molecule has 1 amide bonds. The minimum absolute atomic E-state index is 0.213. The van der Waals surface area contributed by atoms with E-state index in [1.807, 2.05) is 0 Å². The van der Waals surface area contributed by atoms with Gasteiger partial charge in [0.1, 0.15) is 0 Å². The molecule has 1 aliphatic rings. The van der Waals surface area contributed by atoms with Crippen LogP contribution in [-0.4, -0.2) is 38.3 Å². The third-order valence-electron chi connectivity index (χ3n) is 5.70. The monoisotopic (exact) mass is 408 g/mol. The van der Waals surface area contributed by atoms with Gasteiger partial charge in [0.25, 0.3) is 0 Å². The Balaban J connectivity index is 1.76. The molecule has 0 aromatic heterocycles. The van der Waals surface area contributed by atoms with E-state index in [4.69, 9.17) is 4.74 Å². The lowest BCUT2D eigenvalue weighted by molar-refractivity contribution is -0.121. The number of rotatable bonds is 19. The van der Waals surface area contributed by atoms with E-state index in [-0.39, 0.29) is 5.91 Å². The second-order valence-corrected chi connectivity index (χ2v) is 8.52. The molecule has 4 nitrogen and oxygen atoms in total. The van der Waals surface area contributed by atoms with Gasteiger partial charge in [0.15, 0.2) is 0 Å². The first-order chi connectivity index (χ1) is 14.3. The molecule has 29 heavy (non-hydrogen) atoms. The minimum Gasteiger partial charge on any atom is -0.376 e. The number of carbonyl (C=O) groups excluding carboxylic acids is 1. The molecule has 0 aromatic carbocycles. The van der Waals surface area contributed by atoms with Gasteiger partial charge in [-0.1, -0.05) is 70.4 Å². The number of hydrogen-bond donors (Lipinski definition) is 2. The van der Waals surface area contributed by atoms with Crippen molar-refractivity contribution in [1.82, 2.24) is 10.6 Å². The molecule has 1 atom stereocenters. The molecule has 0 radical (unpaired) electrons. The molecule has 2 N–H and O–H groups in total. The molecular formula is C25H48N2O2. The van der Waals surface area contributed by atoms with E-state index in [1.165, 1.54) is 77.0 Å². The fourth-order valence-corrected chi connectivity index (χ4v) is 3.81. The van der Waals surface area contributed by atoms with Gasteiger partial charge in [0.2, 0.25) is 5.91 Å². The highest BCUT2D eigenvalue weighted by Crippen LogP contribution is 2.10. The molecule has 0 saturated carbocycles. The van der Waals surface area contributed by atoms with Crippen LogP contribution >= 0.6 is 0 Å². The summed E-state index contributed by atoms with van der Waals surface area (Å²) in [6, 6.07) is 0. The van der Waals surface area contributed by atoms with Gasteiger partial charge in [-0.3, -0.25) is 4.79 Å². The van der Waals surface area contributed by atoms with Crippen molar-refractivity contribution in [3.63, 3.8) is 0 Å². The number of ether oxygens (including phenoxy) is 1. The summed E-state index contributed by atoms with van der Waals surface area (Å²) in [7, 11) is 0. The summed E-state index contributed by atoms with van der Waals surface area (Å²) in [6.45, 7) is 5.77. The van der Waals surface area contributed by atoms with Gasteiger partial charge < -0.3 is 15.4 Å². The molecule has 1 aliphatic heterocycles. The van der Waals surface area contributed by atoms with Gasteiger partial charge >= 0.3 is 0 Å². The van der Waals surface area contributed by atoms with Gasteiger partial charge in [-0.05, 0) is 44.9 Å². The highest BCUT2D eigenvalue weighted by molar-refractivity contribution is 5.75. The van der Waals surface area contributed by atoms with Crippen molar-refractivity contribution in [1.29, 1.82) is 0 Å². The first-order valence-corrected chi connectivity index (χ1v) is 12.6. The first kappa shape index (κ1) is 26.2. The summed E-state index contributed by atoms with van der Waals surface area (Å²) < 4.78 is 5.67. The predicted octanol–water partition coefficient (Wildman–Crippen LogP) is 5.91. The molecule has 4 heteroatoms. The lowest BCUT2D eigenvalue weighted by Crippen LogP contribution is -2.38. The Morgan fingerprint density at radius 2 is 1.59 bits per heavy atom. The molecule has 1 unspecified atom stereocenters. The van der Waals surface area contributed by atoms with Crippen molar-refractivity contribution >= 4 is 5.91 Å². The molecule has 1 rings (SSSR count). The first-order valence-electron chi connectivity index (χ1n) is 12.6. The minimum atomic E-state index is 0.213. The lowest BCUT2D eigenvalue weighted by atomic mass is 10.1. The fraction of sp³-hybridized carbons (Fsp3) is 0.880. The molecule has 1 saturated heterocycles. The Kier molecular flexibility index (Phi) is 18.4.